The van der Waals surface area contributed by atoms with Crippen molar-refractivity contribution in [2.75, 3.05) is 0 Å². The van der Waals surface area contributed by atoms with Crippen molar-refractivity contribution >= 4 is 17.9 Å². The molecular weight excluding hydrogens is 520 g/mol. The standard InChI is InChI=1S/C34H32O7/c1-20(2)19-38-30-17-29(25-11-15-27(16-12-25)40-33(36)22(5)6)31(41-34(37)23(7)8)18-28(30)24-9-13-26(14-10-24)39-32(35)21(3)4/h9-19H,3,5,7H2,1-2,4,6,8H3. The Kier molecular flexibility index (Phi) is 9.82. The number of carbonyl (C=O) groups is 3. The molecule has 0 saturated heterocycles. The third-order valence-electron chi connectivity index (χ3n) is 5.50. The van der Waals surface area contributed by atoms with Crippen molar-refractivity contribution in [2.24, 2.45) is 0 Å². The Morgan fingerprint density at radius 2 is 0.927 bits per heavy atom. The molecule has 0 N–H and O–H groups in total. The topological polar surface area (TPSA) is 88.1 Å². The minimum Gasteiger partial charge on any atom is -0.464 e. The van der Waals surface area contributed by atoms with E-state index < -0.39 is 17.9 Å². The van der Waals surface area contributed by atoms with Crippen LogP contribution in [0.1, 0.15) is 34.6 Å². The maximum atomic E-state index is 12.6. The highest BCUT2D eigenvalue weighted by Crippen LogP contribution is 2.42. The smallest absolute Gasteiger partial charge is 0.338 e. The number of benzene rings is 3. The quantitative estimate of drug-likeness (QED) is 0.110. The lowest BCUT2D eigenvalue weighted by Gasteiger charge is -2.17. The lowest BCUT2D eigenvalue weighted by atomic mass is 9.97. The van der Waals surface area contributed by atoms with E-state index in [-0.39, 0.29) is 22.5 Å². The highest BCUT2D eigenvalue weighted by molar-refractivity contribution is 5.92. The Labute approximate surface area is 240 Å². The average Bonchev–Trinajstić information content (AvgIpc) is 2.92. The van der Waals surface area contributed by atoms with Gasteiger partial charge in [-0.15, -0.1) is 0 Å². The van der Waals surface area contributed by atoms with Gasteiger partial charge < -0.3 is 18.9 Å². The molecule has 210 valence electrons. The monoisotopic (exact) mass is 552 g/mol. The first kappa shape index (κ1) is 30.4. The van der Waals surface area contributed by atoms with Crippen LogP contribution < -0.4 is 18.9 Å². The molecule has 0 aliphatic heterocycles. The summed E-state index contributed by atoms with van der Waals surface area (Å²) < 4.78 is 22.4. The molecule has 0 aliphatic rings. The number of carbonyl (C=O) groups excluding carboxylic acids is 3. The van der Waals surface area contributed by atoms with Crippen molar-refractivity contribution in [3.63, 3.8) is 0 Å². The van der Waals surface area contributed by atoms with Crippen LogP contribution in [-0.2, 0) is 14.4 Å². The first-order valence-corrected chi connectivity index (χ1v) is 12.7. The van der Waals surface area contributed by atoms with Crippen LogP contribution in [0.15, 0.2) is 109 Å². The Hall–Kier alpha value is -5.17. The number of allylic oxidation sites excluding steroid dienone is 1. The largest absolute Gasteiger partial charge is 0.464 e. The minimum absolute atomic E-state index is 0.230. The van der Waals surface area contributed by atoms with Crippen LogP contribution >= 0.6 is 0 Å². The second kappa shape index (κ2) is 13.3. The van der Waals surface area contributed by atoms with Crippen molar-refractivity contribution in [2.45, 2.75) is 34.6 Å². The molecule has 0 heterocycles. The maximum Gasteiger partial charge on any atom is 0.338 e. The van der Waals surface area contributed by atoms with Crippen molar-refractivity contribution in [1.29, 1.82) is 0 Å². The molecule has 0 atom stereocenters. The summed E-state index contributed by atoms with van der Waals surface area (Å²) in [5.41, 5.74) is 4.31. The summed E-state index contributed by atoms with van der Waals surface area (Å²) in [7, 11) is 0. The zero-order valence-electron chi connectivity index (χ0n) is 23.8. The summed E-state index contributed by atoms with van der Waals surface area (Å²) in [4.78, 5) is 36.4. The van der Waals surface area contributed by atoms with Crippen molar-refractivity contribution in [3.8, 4) is 45.3 Å². The Balaban J connectivity index is 2.14. The number of hydrogen-bond donors (Lipinski definition) is 0. The summed E-state index contributed by atoms with van der Waals surface area (Å²) in [6.45, 7) is 19.4. The van der Waals surface area contributed by atoms with Gasteiger partial charge in [-0.05, 0) is 87.7 Å². The van der Waals surface area contributed by atoms with Gasteiger partial charge in [0.1, 0.15) is 23.0 Å². The molecule has 7 nitrogen and oxygen atoms in total. The molecule has 3 aromatic rings. The van der Waals surface area contributed by atoms with E-state index in [4.69, 9.17) is 18.9 Å². The van der Waals surface area contributed by atoms with Crippen LogP contribution in [0.3, 0.4) is 0 Å². The highest BCUT2D eigenvalue weighted by atomic mass is 16.5. The van der Waals surface area contributed by atoms with Crippen LogP contribution in [0.5, 0.6) is 23.0 Å². The van der Waals surface area contributed by atoms with Gasteiger partial charge >= 0.3 is 17.9 Å². The zero-order valence-corrected chi connectivity index (χ0v) is 23.8. The second-order valence-electron chi connectivity index (χ2n) is 9.72. The predicted molar refractivity (Wildman–Crippen MR) is 159 cm³/mol. The number of rotatable bonds is 10. The fourth-order valence-electron chi connectivity index (χ4n) is 3.35. The number of esters is 3. The lowest BCUT2D eigenvalue weighted by Crippen LogP contribution is -2.09. The van der Waals surface area contributed by atoms with Gasteiger partial charge in [-0.1, -0.05) is 44.0 Å². The average molecular weight is 553 g/mol. The first-order valence-electron chi connectivity index (χ1n) is 12.7. The minimum atomic E-state index is -0.593. The maximum absolute atomic E-state index is 12.6. The molecule has 0 amide bonds. The Morgan fingerprint density at radius 1 is 0.561 bits per heavy atom. The number of hydrogen-bond acceptors (Lipinski definition) is 7. The van der Waals surface area contributed by atoms with Crippen LogP contribution in [-0.4, -0.2) is 17.9 Å². The fraction of sp³-hybridized carbons (Fsp3) is 0.147. The van der Waals surface area contributed by atoms with Crippen LogP contribution in [0.25, 0.3) is 22.3 Å². The van der Waals surface area contributed by atoms with Crippen molar-refractivity contribution < 1.29 is 33.3 Å². The van der Waals surface area contributed by atoms with Gasteiger partial charge in [0.25, 0.3) is 0 Å². The van der Waals surface area contributed by atoms with Crippen molar-refractivity contribution in [1.82, 2.24) is 0 Å². The van der Waals surface area contributed by atoms with Gasteiger partial charge in [0.15, 0.2) is 0 Å². The van der Waals surface area contributed by atoms with E-state index in [0.29, 0.717) is 33.9 Å². The summed E-state index contributed by atoms with van der Waals surface area (Å²) in [5.74, 6) is -0.203. The molecule has 0 bridgehead atoms. The normalized spacial score (nSPS) is 10.2. The Bertz CT molecular complexity index is 1550. The SMILES string of the molecule is C=C(C)C(=O)Oc1ccc(-c2cc(OC(=O)C(=C)C)c(-c3ccc(OC(=O)C(=C)C)cc3)cc2OC=C(C)C)cc1. The van der Waals surface area contributed by atoms with E-state index in [1.165, 1.54) is 0 Å². The van der Waals surface area contributed by atoms with Gasteiger partial charge in [-0.3, -0.25) is 0 Å². The van der Waals surface area contributed by atoms with Gasteiger partial charge in [0.2, 0.25) is 0 Å². The summed E-state index contributed by atoms with van der Waals surface area (Å²) in [6.07, 6.45) is 1.62. The molecule has 7 heteroatoms. The molecule has 3 rings (SSSR count). The summed E-state index contributed by atoms with van der Waals surface area (Å²) >= 11 is 0. The molecule has 0 radical (unpaired) electrons. The Morgan fingerprint density at radius 3 is 1.32 bits per heavy atom. The summed E-state index contributed by atoms with van der Waals surface area (Å²) in [5, 5.41) is 0. The number of ether oxygens (including phenoxy) is 4. The fourth-order valence-corrected chi connectivity index (χ4v) is 3.35. The molecule has 0 spiro atoms. The van der Waals surface area contributed by atoms with E-state index in [1.807, 2.05) is 13.8 Å². The third kappa shape index (κ3) is 8.16. The summed E-state index contributed by atoms with van der Waals surface area (Å²) in [6, 6.07) is 17.0. The zero-order chi connectivity index (χ0) is 30.3. The molecule has 0 fully saturated rings. The molecule has 0 aromatic heterocycles. The van der Waals surface area contributed by atoms with Crippen LogP contribution in [0, 0.1) is 0 Å². The van der Waals surface area contributed by atoms with Crippen LogP contribution in [0.2, 0.25) is 0 Å². The van der Waals surface area contributed by atoms with Crippen molar-refractivity contribution in [3.05, 3.63) is 109 Å². The van der Waals surface area contributed by atoms with E-state index in [1.54, 1.807) is 87.7 Å². The highest BCUT2D eigenvalue weighted by Gasteiger charge is 2.19. The van der Waals surface area contributed by atoms with E-state index >= 15 is 0 Å². The van der Waals surface area contributed by atoms with E-state index in [9.17, 15) is 14.4 Å². The molecule has 41 heavy (non-hydrogen) atoms. The molecule has 0 aliphatic carbocycles. The molecular formula is C34H32O7. The van der Waals surface area contributed by atoms with Gasteiger partial charge in [0, 0.05) is 27.8 Å². The third-order valence-corrected chi connectivity index (χ3v) is 5.50. The predicted octanol–water partition coefficient (Wildman–Crippen LogP) is 7.77. The lowest BCUT2D eigenvalue weighted by molar-refractivity contribution is -0.130. The molecule has 0 saturated carbocycles. The van der Waals surface area contributed by atoms with Gasteiger partial charge in [-0.2, -0.15) is 0 Å². The molecule has 3 aromatic carbocycles. The van der Waals surface area contributed by atoms with Gasteiger partial charge in [-0.25, -0.2) is 14.4 Å². The molecule has 0 unspecified atom stereocenters. The first-order chi connectivity index (χ1) is 19.3. The van der Waals surface area contributed by atoms with Gasteiger partial charge in [0.05, 0.1) is 6.26 Å². The van der Waals surface area contributed by atoms with Crippen LogP contribution in [0.4, 0.5) is 0 Å². The second-order valence-corrected chi connectivity index (χ2v) is 9.72. The van der Waals surface area contributed by atoms with E-state index in [0.717, 1.165) is 11.1 Å². The van der Waals surface area contributed by atoms with E-state index in [2.05, 4.69) is 19.7 Å².